The molecule has 3 heteroatoms. The van der Waals surface area contributed by atoms with E-state index in [4.69, 9.17) is 5.11 Å². The van der Waals surface area contributed by atoms with E-state index in [9.17, 15) is 4.79 Å². The second-order valence-corrected chi connectivity index (χ2v) is 5.28. The lowest BCUT2D eigenvalue weighted by atomic mass is 10.0. The normalized spacial score (nSPS) is 42.3. The molecule has 0 aromatic carbocycles. The summed E-state index contributed by atoms with van der Waals surface area (Å²) in [6.45, 7) is 5.36. The third-order valence-corrected chi connectivity index (χ3v) is 4.26. The predicted octanol–water partition coefficient (Wildman–Crippen LogP) is 1.97. The van der Waals surface area contributed by atoms with Gasteiger partial charge in [0.05, 0.1) is 5.92 Å². The Morgan fingerprint density at radius 3 is 2.47 bits per heavy atom. The van der Waals surface area contributed by atoms with Crippen molar-refractivity contribution in [3.05, 3.63) is 0 Å². The molecule has 1 aliphatic carbocycles. The smallest absolute Gasteiger partial charge is 0.308 e. The number of rotatable bonds is 2. The zero-order valence-electron chi connectivity index (χ0n) is 9.65. The van der Waals surface area contributed by atoms with E-state index >= 15 is 0 Å². The van der Waals surface area contributed by atoms with E-state index in [2.05, 4.69) is 18.7 Å². The van der Waals surface area contributed by atoms with Gasteiger partial charge in [-0.05, 0) is 45.1 Å². The number of carboxylic acids is 1. The number of carbonyl (C=O) groups is 1. The van der Waals surface area contributed by atoms with E-state index in [1.165, 1.54) is 19.3 Å². The SMILES string of the molecule is CC1CCC(N2CCC(C(=O)O)C2C)C1. The van der Waals surface area contributed by atoms with Gasteiger partial charge in [-0.3, -0.25) is 9.69 Å². The molecule has 1 heterocycles. The first-order valence-corrected chi connectivity index (χ1v) is 6.08. The highest BCUT2D eigenvalue weighted by atomic mass is 16.4. The summed E-state index contributed by atoms with van der Waals surface area (Å²) in [7, 11) is 0. The van der Waals surface area contributed by atoms with Crippen LogP contribution in [-0.4, -0.2) is 34.6 Å². The maximum absolute atomic E-state index is 11.0. The van der Waals surface area contributed by atoms with Crippen LogP contribution in [0.25, 0.3) is 0 Å². The molecule has 0 aromatic heterocycles. The van der Waals surface area contributed by atoms with Gasteiger partial charge in [-0.25, -0.2) is 0 Å². The molecule has 4 atom stereocenters. The largest absolute Gasteiger partial charge is 0.481 e. The molecule has 4 unspecified atom stereocenters. The fraction of sp³-hybridized carbons (Fsp3) is 0.917. The van der Waals surface area contributed by atoms with Crippen molar-refractivity contribution in [2.45, 2.75) is 51.6 Å². The molecule has 1 saturated carbocycles. The molecule has 2 fully saturated rings. The number of carboxylic acid groups (broad SMARTS) is 1. The molecule has 2 aliphatic rings. The first kappa shape index (κ1) is 10.9. The summed E-state index contributed by atoms with van der Waals surface area (Å²) in [5.74, 6) is 0.0722. The van der Waals surface area contributed by atoms with Crippen molar-refractivity contribution in [2.75, 3.05) is 6.54 Å². The summed E-state index contributed by atoms with van der Waals surface area (Å²) < 4.78 is 0. The summed E-state index contributed by atoms with van der Waals surface area (Å²) >= 11 is 0. The summed E-state index contributed by atoms with van der Waals surface area (Å²) in [4.78, 5) is 13.4. The molecule has 15 heavy (non-hydrogen) atoms. The average Bonchev–Trinajstić information content (AvgIpc) is 2.71. The molecule has 2 rings (SSSR count). The van der Waals surface area contributed by atoms with Gasteiger partial charge in [0.1, 0.15) is 0 Å². The van der Waals surface area contributed by atoms with Crippen molar-refractivity contribution in [3.63, 3.8) is 0 Å². The Kier molecular flexibility index (Phi) is 3.01. The van der Waals surface area contributed by atoms with Crippen molar-refractivity contribution in [1.29, 1.82) is 0 Å². The molecular formula is C12H21NO2. The van der Waals surface area contributed by atoms with Crippen molar-refractivity contribution in [1.82, 2.24) is 4.90 Å². The maximum atomic E-state index is 11.0. The third-order valence-electron chi connectivity index (χ3n) is 4.26. The summed E-state index contributed by atoms with van der Waals surface area (Å²) in [5, 5.41) is 9.07. The molecule has 0 bridgehead atoms. The Morgan fingerprint density at radius 2 is 2.00 bits per heavy atom. The zero-order chi connectivity index (χ0) is 11.0. The van der Waals surface area contributed by atoms with E-state index in [1.807, 2.05) is 0 Å². The molecule has 0 amide bonds. The molecule has 0 radical (unpaired) electrons. The van der Waals surface area contributed by atoms with E-state index < -0.39 is 5.97 Å². The van der Waals surface area contributed by atoms with Crippen LogP contribution in [0.4, 0.5) is 0 Å². The first-order chi connectivity index (χ1) is 7.09. The highest BCUT2D eigenvalue weighted by Crippen LogP contribution is 2.35. The van der Waals surface area contributed by atoms with Gasteiger partial charge in [0.2, 0.25) is 0 Å². The van der Waals surface area contributed by atoms with Gasteiger partial charge in [0.15, 0.2) is 0 Å². The first-order valence-electron chi connectivity index (χ1n) is 6.08. The summed E-state index contributed by atoms with van der Waals surface area (Å²) in [6.07, 6.45) is 4.67. The Hall–Kier alpha value is -0.570. The molecule has 3 nitrogen and oxygen atoms in total. The Balaban J connectivity index is 1.97. The van der Waals surface area contributed by atoms with Crippen LogP contribution in [0, 0.1) is 11.8 Å². The van der Waals surface area contributed by atoms with E-state index in [0.717, 1.165) is 18.9 Å². The zero-order valence-corrected chi connectivity index (χ0v) is 9.65. The van der Waals surface area contributed by atoms with Gasteiger partial charge in [-0.15, -0.1) is 0 Å². The molecule has 0 aromatic rings. The molecule has 0 spiro atoms. The van der Waals surface area contributed by atoms with Gasteiger partial charge in [-0.2, -0.15) is 0 Å². The van der Waals surface area contributed by atoms with Gasteiger partial charge in [-0.1, -0.05) is 6.92 Å². The van der Waals surface area contributed by atoms with Crippen LogP contribution in [0.1, 0.15) is 39.5 Å². The molecular weight excluding hydrogens is 190 g/mol. The van der Waals surface area contributed by atoms with Gasteiger partial charge < -0.3 is 5.11 Å². The van der Waals surface area contributed by atoms with Crippen molar-refractivity contribution < 1.29 is 9.90 Å². The Morgan fingerprint density at radius 1 is 1.27 bits per heavy atom. The van der Waals surface area contributed by atoms with Crippen molar-refractivity contribution in [3.8, 4) is 0 Å². The molecule has 1 aliphatic heterocycles. The van der Waals surface area contributed by atoms with Gasteiger partial charge in [0.25, 0.3) is 0 Å². The Labute approximate surface area is 91.5 Å². The number of hydrogen-bond donors (Lipinski definition) is 1. The summed E-state index contributed by atoms with van der Waals surface area (Å²) in [6, 6.07) is 0.886. The monoisotopic (exact) mass is 211 g/mol. The van der Waals surface area contributed by atoms with Crippen molar-refractivity contribution in [2.24, 2.45) is 11.8 Å². The fourth-order valence-electron chi connectivity index (χ4n) is 3.29. The average molecular weight is 211 g/mol. The van der Waals surface area contributed by atoms with Crippen LogP contribution in [0.5, 0.6) is 0 Å². The predicted molar refractivity (Wildman–Crippen MR) is 58.7 cm³/mol. The minimum Gasteiger partial charge on any atom is -0.481 e. The van der Waals surface area contributed by atoms with Crippen LogP contribution in [0.3, 0.4) is 0 Å². The number of likely N-dealkylation sites (tertiary alicyclic amines) is 1. The van der Waals surface area contributed by atoms with Crippen LogP contribution in [0.2, 0.25) is 0 Å². The van der Waals surface area contributed by atoms with Crippen LogP contribution in [-0.2, 0) is 4.79 Å². The topological polar surface area (TPSA) is 40.5 Å². The number of nitrogens with zero attached hydrogens (tertiary/aromatic N) is 1. The van der Waals surface area contributed by atoms with Crippen LogP contribution in [0.15, 0.2) is 0 Å². The van der Waals surface area contributed by atoms with Gasteiger partial charge in [0, 0.05) is 12.1 Å². The molecule has 1 saturated heterocycles. The van der Waals surface area contributed by atoms with E-state index in [1.54, 1.807) is 0 Å². The lowest BCUT2D eigenvalue weighted by Crippen LogP contribution is -2.39. The molecule has 1 N–H and O–H groups in total. The van der Waals surface area contributed by atoms with E-state index in [-0.39, 0.29) is 12.0 Å². The fourth-order valence-corrected chi connectivity index (χ4v) is 3.29. The lowest BCUT2D eigenvalue weighted by Gasteiger charge is -2.29. The quantitative estimate of drug-likeness (QED) is 0.759. The number of aliphatic carboxylic acids is 1. The van der Waals surface area contributed by atoms with Crippen LogP contribution < -0.4 is 0 Å². The second-order valence-electron chi connectivity index (χ2n) is 5.28. The second kappa shape index (κ2) is 4.12. The van der Waals surface area contributed by atoms with Gasteiger partial charge >= 0.3 is 5.97 Å². The maximum Gasteiger partial charge on any atom is 0.308 e. The summed E-state index contributed by atoms with van der Waals surface area (Å²) in [5.41, 5.74) is 0. The van der Waals surface area contributed by atoms with Crippen molar-refractivity contribution >= 4 is 5.97 Å². The molecule has 86 valence electrons. The Bertz CT molecular complexity index is 254. The minimum absolute atomic E-state index is 0.138. The van der Waals surface area contributed by atoms with Crippen LogP contribution >= 0.6 is 0 Å². The third kappa shape index (κ3) is 2.03. The highest BCUT2D eigenvalue weighted by Gasteiger charge is 2.40. The van der Waals surface area contributed by atoms with E-state index in [0.29, 0.717) is 6.04 Å². The standard InChI is InChI=1S/C12H21NO2/c1-8-3-4-10(7-8)13-6-5-11(9(13)2)12(14)15/h8-11H,3-7H2,1-2H3,(H,14,15). The highest BCUT2D eigenvalue weighted by molar-refractivity contribution is 5.71. The number of hydrogen-bond acceptors (Lipinski definition) is 2. The minimum atomic E-state index is -0.615. The lowest BCUT2D eigenvalue weighted by molar-refractivity contribution is -0.142.